The molecule has 1 N–H and O–H groups in total. The predicted molar refractivity (Wildman–Crippen MR) is 174 cm³/mol. The maximum Gasteiger partial charge on any atom is 0.301 e. The van der Waals surface area contributed by atoms with Crippen molar-refractivity contribution < 1.29 is 28.9 Å². The van der Waals surface area contributed by atoms with Gasteiger partial charge in [0.1, 0.15) is 11.5 Å². The number of benzene rings is 3. The number of ether oxygens (including phenoxy) is 3. The van der Waals surface area contributed by atoms with Crippen LogP contribution in [0.3, 0.4) is 0 Å². The third-order valence-corrected chi connectivity index (χ3v) is 8.58. The number of aliphatic hydroxyl groups is 1. The van der Waals surface area contributed by atoms with Crippen LogP contribution in [-0.2, 0) is 9.59 Å². The number of unbranched alkanes of at least 4 members (excludes halogenated alkanes) is 2. The zero-order valence-corrected chi connectivity index (χ0v) is 26.6. The van der Waals surface area contributed by atoms with Crippen molar-refractivity contribution in [1.82, 2.24) is 4.98 Å². The highest BCUT2D eigenvalue weighted by Gasteiger charge is 2.48. The number of hydrogen-bond donors (Lipinski definition) is 1. The van der Waals surface area contributed by atoms with Crippen molar-refractivity contribution in [1.29, 1.82) is 0 Å². The first-order chi connectivity index (χ1) is 21.3. The standard InChI is InChI=1S/C35H38N2O6S/c1-6-8-9-17-43-26-15-12-24(20-27(26)41-5)31-29(32(38)23-10-13-25(14-11-23)42-16-7-2)33(39)34(40)37(31)35-36-30-22(4)18-21(3)19-28(30)44-35/h10-15,18-20,31,38H,6-9,16-17H2,1-5H3. The van der Waals surface area contributed by atoms with Gasteiger partial charge in [-0.2, -0.15) is 0 Å². The van der Waals surface area contributed by atoms with E-state index in [1.54, 1.807) is 49.6 Å². The summed E-state index contributed by atoms with van der Waals surface area (Å²) in [4.78, 5) is 33.7. The number of fused-ring (bicyclic) bond motifs is 1. The quantitative estimate of drug-likeness (QED) is 0.0749. The molecule has 0 spiro atoms. The smallest absolute Gasteiger partial charge is 0.301 e. The van der Waals surface area contributed by atoms with Crippen LogP contribution in [-0.4, -0.2) is 42.1 Å². The van der Waals surface area contributed by atoms with Gasteiger partial charge in [0.15, 0.2) is 16.6 Å². The van der Waals surface area contributed by atoms with E-state index in [1.807, 2.05) is 32.9 Å². The lowest BCUT2D eigenvalue weighted by Gasteiger charge is -2.24. The van der Waals surface area contributed by atoms with Crippen molar-refractivity contribution in [3.8, 4) is 17.2 Å². The Bertz CT molecular complexity index is 1710. The van der Waals surface area contributed by atoms with Crippen LogP contribution in [0.4, 0.5) is 5.13 Å². The number of ketones is 1. The SMILES string of the molecule is CCCCCOc1ccc(C2C(=C(O)c3ccc(OCCC)cc3)C(=O)C(=O)N2c2nc3c(C)cc(C)cc3s2)cc1OC. The molecule has 1 unspecified atom stereocenters. The molecule has 1 aromatic heterocycles. The molecule has 0 saturated carbocycles. The van der Waals surface area contributed by atoms with Crippen LogP contribution in [0.25, 0.3) is 16.0 Å². The summed E-state index contributed by atoms with van der Waals surface area (Å²) in [7, 11) is 1.55. The Morgan fingerprint density at radius 2 is 1.70 bits per heavy atom. The first-order valence-corrected chi connectivity index (χ1v) is 15.8. The first-order valence-electron chi connectivity index (χ1n) is 15.0. The van der Waals surface area contributed by atoms with Gasteiger partial charge in [-0.15, -0.1) is 0 Å². The van der Waals surface area contributed by atoms with Crippen LogP contribution in [0, 0.1) is 13.8 Å². The monoisotopic (exact) mass is 614 g/mol. The molecule has 44 heavy (non-hydrogen) atoms. The summed E-state index contributed by atoms with van der Waals surface area (Å²) in [5, 5.41) is 12.0. The van der Waals surface area contributed by atoms with E-state index in [0.717, 1.165) is 47.0 Å². The molecule has 5 rings (SSSR count). The Hall–Kier alpha value is -4.37. The van der Waals surface area contributed by atoms with Crippen LogP contribution >= 0.6 is 11.3 Å². The Labute approximate surface area is 261 Å². The lowest BCUT2D eigenvalue weighted by molar-refractivity contribution is -0.132. The van der Waals surface area contributed by atoms with Gasteiger partial charge in [-0.05, 0) is 85.8 Å². The fourth-order valence-corrected chi connectivity index (χ4v) is 6.57. The van der Waals surface area contributed by atoms with Gasteiger partial charge in [0, 0.05) is 5.56 Å². The van der Waals surface area contributed by atoms with E-state index in [1.165, 1.54) is 16.2 Å². The fraction of sp³-hybridized carbons (Fsp3) is 0.343. The van der Waals surface area contributed by atoms with E-state index in [4.69, 9.17) is 19.2 Å². The van der Waals surface area contributed by atoms with Gasteiger partial charge in [-0.3, -0.25) is 14.5 Å². The average Bonchev–Trinajstić information content (AvgIpc) is 3.56. The number of amides is 1. The average molecular weight is 615 g/mol. The molecule has 0 radical (unpaired) electrons. The van der Waals surface area contributed by atoms with Crippen molar-refractivity contribution in [3.63, 3.8) is 0 Å². The van der Waals surface area contributed by atoms with E-state index in [2.05, 4.69) is 6.92 Å². The molecule has 1 aliphatic heterocycles. The van der Waals surface area contributed by atoms with Gasteiger partial charge in [0.2, 0.25) is 0 Å². The van der Waals surface area contributed by atoms with Gasteiger partial charge < -0.3 is 19.3 Å². The summed E-state index contributed by atoms with van der Waals surface area (Å²) in [6, 6.07) is 15.3. The van der Waals surface area contributed by atoms with Gasteiger partial charge >= 0.3 is 5.91 Å². The summed E-state index contributed by atoms with van der Waals surface area (Å²) >= 11 is 1.34. The minimum atomic E-state index is -0.948. The Kier molecular flexibility index (Phi) is 9.54. The normalized spacial score (nSPS) is 16.1. The zero-order valence-electron chi connectivity index (χ0n) is 25.8. The number of aliphatic hydroxyl groups excluding tert-OH is 1. The molecule has 3 aromatic carbocycles. The Morgan fingerprint density at radius 3 is 2.41 bits per heavy atom. The number of carbonyl (C=O) groups excluding carboxylic acids is 2. The highest BCUT2D eigenvalue weighted by Crippen LogP contribution is 2.46. The molecule has 9 heteroatoms. The third kappa shape index (κ3) is 6.15. The summed E-state index contributed by atoms with van der Waals surface area (Å²) < 4.78 is 18.3. The number of aryl methyl sites for hydroxylation is 2. The summed E-state index contributed by atoms with van der Waals surface area (Å²) in [6.07, 6.45) is 3.92. The number of nitrogens with zero attached hydrogens (tertiary/aromatic N) is 2. The molecule has 8 nitrogen and oxygen atoms in total. The summed E-state index contributed by atoms with van der Waals surface area (Å²) in [6.45, 7) is 9.25. The molecule has 0 bridgehead atoms. The number of carbonyl (C=O) groups is 2. The van der Waals surface area contributed by atoms with Gasteiger partial charge in [0.05, 0.1) is 42.2 Å². The molecule has 1 saturated heterocycles. The minimum absolute atomic E-state index is 0.0250. The van der Waals surface area contributed by atoms with E-state index in [0.29, 0.717) is 46.7 Å². The molecule has 230 valence electrons. The van der Waals surface area contributed by atoms with Crippen molar-refractivity contribution in [2.24, 2.45) is 0 Å². The number of hydrogen-bond acceptors (Lipinski definition) is 8. The molecule has 1 aliphatic rings. The van der Waals surface area contributed by atoms with Gasteiger partial charge in [-0.1, -0.05) is 50.2 Å². The fourth-order valence-electron chi connectivity index (χ4n) is 5.40. The third-order valence-electron chi connectivity index (χ3n) is 7.58. The first kappa shape index (κ1) is 31.1. The number of rotatable bonds is 12. The molecule has 1 amide bonds. The number of methoxy groups -OCH3 is 1. The Morgan fingerprint density at radius 1 is 0.932 bits per heavy atom. The molecule has 1 fully saturated rings. The van der Waals surface area contributed by atoms with Crippen LogP contribution in [0.1, 0.15) is 67.8 Å². The van der Waals surface area contributed by atoms with Gasteiger partial charge in [0.25, 0.3) is 5.78 Å². The van der Waals surface area contributed by atoms with Crippen molar-refractivity contribution in [2.75, 3.05) is 25.2 Å². The zero-order chi connectivity index (χ0) is 31.4. The van der Waals surface area contributed by atoms with Crippen LogP contribution in [0.2, 0.25) is 0 Å². The lowest BCUT2D eigenvalue weighted by atomic mass is 9.95. The van der Waals surface area contributed by atoms with Crippen LogP contribution in [0.15, 0.2) is 60.2 Å². The molecule has 1 atom stereocenters. The van der Waals surface area contributed by atoms with Gasteiger partial charge in [-0.25, -0.2) is 4.98 Å². The topological polar surface area (TPSA) is 98.2 Å². The van der Waals surface area contributed by atoms with E-state index in [-0.39, 0.29) is 11.3 Å². The lowest BCUT2D eigenvalue weighted by Crippen LogP contribution is -2.29. The number of thiazole rings is 1. The van der Waals surface area contributed by atoms with Crippen molar-refractivity contribution in [3.05, 3.63) is 82.4 Å². The second-order valence-electron chi connectivity index (χ2n) is 10.9. The number of anilines is 1. The van der Waals surface area contributed by atoms with E-state index >= 15 is 0 Å². The molecule has 2 heterocycles. The predicted octanol–water partition coefficient (Wildman–Crippen LogP) is 7.91. The van der Waals surface area contributed by atoms with Crippen LogP contribution in [0.5, 0.6) is 17.2 Å². The van der Waals surface area contributed by atoms with Crippen molar-refractivity contribution in [2.45, 2.75) is 59.4 Å². The number of aromatic nitrogens is 1. The second-order valence-corrected chi connectivity index (χ2v) is 11.9. The summed E-state index contributed by atoms with van der Waals surface area (Å²) in [5.74, 6) is -0.128. The van der Waals surface area contributed by atoms with Crippen molar-refractivity contribution >= 4 is 44.1 Å². The molecule has 4 aromatic rings. The number of Topliss-reactive ketones (excluding diaryl/α,β-unsaturated/α-hetero) is 1. The molecule has 0 aliphatic carbocycles. The molecular weight excluding hydrogens is 576 g/mol. The maximum atomic E-state index is 13.8. The minimum Gasteiger partial charge on any atom is -0.507 e. The largest absolute Gasteiger partial charge is 0.507 e. The van der Waals surface area contributed by atoms with Crippen LogP contribution < -0.4 is 19.1 Å². The second kappa shape index (κ2) is 13.5. The van der Waals surface area contributed by atoms with E-state index < -0.39 is 17.7 Å². The highest BCUT2D eigenvalue weighted by atomic mass is 32.1. The van der Waals surface area contributed by atoms with E-state index in [9.17, 15) is 14.7 Å². The maximum absolute atomic E-state index is 13.8. The molecular formula is C35H38N2O6S. The Balaban J connectivity index is 1.64. The highest BCUT2D eigenvalue weighted by molar-refractivity contribution is 7.22. The summed E-state index contributed by atoms with van der Waals surface area (Å²) in [5.41, 5.74) is 3.78.